The average Bonchev–Trinajstić information content (AvgIpc) is 2.46. The summed E-state index contributed by atoms with van der Waals surface area (Å²) < 4.78 is 0. The maximum Gasteiger partial charge on any atom is 0.0991 e. The maximum atomic E-state index is 8.85. The van der Waals surface area contributed by atoms with E-state index in [1.165, 1.54) is 24.8 Å². The van der Waals surface area contributed by atoms with Crippen molar-refractivity contribution in [2.24, 2.45) is 5.73 Å². The van der Waals surface area contributed by atoms with Gasteiger partial charge in [0.15, 0.2) is 0 Å². The molecule has 1 aromatic rings. The van der Waals surface area contributed by atoms with Gasteiger partial charge in [-0.05, 0) is 50.9 Å². The fourth-order valence-electron chi connectivity index (χ4n) is 3.05. The van der Waals surface area contributed by atoms with E-state index in [1.54, 1.807) is 0 Å². The maximum absolute atomic E-state index is 8.85. The zero-order valence-electron chi connectivity index (χ0n) is 11.8. The van der Waals surface area contributed by atoms with E-state index in [0.29, 0.717) is 12.1 Å². The van der Waals surface area contributed by atoms with E-state index in [-0.39, 0.29) is 6.04 Å². The highest BCUT2D eigenvalue weighted by molar-refractivity contribution is 5.32. The molecule has 1 fully saturated rings. The Morgan fingerprint density at radius 2 is 1.95 bits per heavy atom. The van der Waals surface area contributed by atoms with Crippen molar-refractivity contribution in [2.75, 3.05) is 6.54 Å². The lowest BCUT2D eigenvalue weighted by atomic mass is 9.93. The average molecular weight is 257 g/mol. The molecule has 102 valence electrons. The van der Waals surface area contributed by atoms with Crippen LogP contribution in [-0.4, -0.2) is 23.5 Å². The van der Waals surface area contributed by atoms with E-state index in [1.807, 2.05) is 12.1 Å². The molecule has 3 heteroatoms. The van der Waals surface area contributed by atoms with Gasteiger partial charge in [-0.1, -0.05) is 18.6 Å². The van der Waals surface area contributed by atoms with Gasteiger partial charge in [-0.3, -0.25) is 4.90 Å². The van der Waals surface area contributed by atoms with Crippen LogP contribution in [0.3, 0.4) is 0 Å². The predicted molar refractivity (Wildman–Crippen MR) is 77.6 cm³/mol. The summed E-state index contributed by atoms with van der Waals surface area (Å²) in [6.07, 6.45) is 3.73. The molecule has 1 aromatic carbocycles. The Morgan fingerprint density at radius 1 is 1.26 bits per heavy atom. The van der Waals surface area contributed by atoms with Crippen LogP contribution >= 0.6 is 0 Å². The molecule has 3 unspecified atom stereocenters. The summed E-state index contributed by atoms with van der Waals surface area (Å²) >= 11 is 0. The Hall–Kier alpha value is -1.37. The second-order valence-corrected chi connectivity index (χ2v) is 5.57. The van der Waals surface area contributed by atoms with Crippen molar-refractivity contribution in [2.45, 2.75) is 51.2 Å². The van der Waals surface area contributed by atoms with E-state index >= 15 is 0 Å². The van der Waals surface area contributed by atoms with Crippen LogP contribution in [0.5, 0.6) is 0 Å². The Morgan fingerprint density at radius 3 is 2.53 bits per heavy atom. The van der Waals surface area contributed by atoms with Gasteiger partial charge in [-0.25, -0.2) is 0 Å². The topological polar surface area (TPSA) is 53.0 Å². The third kappa shape index (κ3) is 3.15. The summed E-state index contributed by atoms with van der Waals surface area (Å²) in [5.41, 5.74) is 8.12. The lowest BCUT2D eigenvalue weighted by Gasteiger charge is -2.42. The molecular formula is C16H23N3. The van der Waals surface area contributed by atoms with Crippen LogP contribution in [0.25, 0.3) is 0 Å². The van der Waals surface area contributed by atoms with Gasteiger partial charge in [-0.2, -0.15) is 5.26 Å². The first-order chi connectivity index (χ1) is 9.13. The van der Waals surface area contributed by atoms with E-state index in [4.69, 9.17) is 11.0 Å². The van der Waals surface area contributed by atoms with Crippen molar-refractivity contribution >= 4 is 0 Å². The Balaban J connectivity index is 2.16. The number of hydrogen-bond acceptors (Lipinski definition) is 3. The molecular weight excluding hydrogens is 234 g/mol. The fraction of sp³-hybridized carbons (Fsp3) is 0.562. The molecule has 0 radical (unpaired) electrons. The van der Waals surface area contributed by atoms with E-state index in [0.717, 1.165) is 12.1 Å². The molecule has 1 saturated heterocycles. The number of nitrogens with two attached hydrogens (primary N) is 1. The number of nitrogens with zero attached hydrogens (tertiary/aromatic N) is 2. The lowest BCUT2D eigenvalue weighted by molar-refractivity contribution is 0.0890. The minimum absolute atomic E-state index is 0.209. The molecule has 2 rings (SSSR count). The number of piperidine rings is 1. The van der Waals surface area contributed by atoms with Crippen LogP contribution in [0.4, 0.5) is 0 Å². The van der Waals surface area contributed by atoms with Crippen molar-refractivity contribution in [3.05, 3.63) is 35.4 Å². The van der Waals surface area contributed by atoms with Gasteiger partial charge in [0.05, 0.1) is 11.6 Å². The Bertz CT molecular complexity index is 444. The van der Waals surface area contributed by atoms with Gasteiger partial charge in [0.2, 0.25) is 0 Å². The monoisotopic (exact) mass is 257 g/mol. The molecule has 3 nitrogen and oxygen atoms in total. The number of nitriles is 1. The predicted octanol–water partition coefficient (Wildman–Crippen LogP) is 2.82. The van der Waals surface area contributed by atoms with E-state index < -0.39 is 0 Å². The van der Waals surface area contributed by atoms with Crippen LogP contribution < -0.4 is 5.73 Å². The first kappa shape index (κ1) is 14.0. The number of rotatable bonds is 3. The zero-order valence-corrected chi connectivity index (χ0v) is 11.8. The summed E-state index contributed by atoms with van der Waals surface area (Å²) in [4.78, 5) is 2.52. The van der Waals surface area contributed by atoms with Crippen LogP contribution in [0.15, 0.2) is 24.3 Å². The zero-order chi connectivity index (χ0) is 13.8. The third-order valence-electron chi connectivity index (χ3n) is 4.22. The van der Waals surface area contributed by atoms with Crippen molar-refractivity contribution in [1.29, 1.82) is 5.26 Å². The van der Waals surface area contributed by atoms with Gasteiger partial charge in [-0.15, -0.1) is 0 Å². The Kier molecular flexibility index (Phi) is 4.57. The fourth-order valence-corrected chi connectivity index (χ4v) is 3.05. The van der Waals surface area contributed by atoms with Gasteiger partial charge >= 0.3 is 0 Å². The first-order valence-corrected chi connectivity index (χ1v) is 7.15. The second-order valence-electron chi connectivity index (χ2n) is 5.57. The standard InChI is InChI=1S/C16H23N3/c1-12(18)16-5-3-4-10-19(16)13(2)15-8-6-14(11-17)7-9-15/h6-9,12-13,16H,3-5,10,18H2,1-2H3. The highest BCUT2D eigenvalue weighted by Crippen LogP contribution is 2.29. The van der Waals surface area contributed by atoms with Crippen LogP contribution in [0, 0.1) is 11.3 Å². The summed E-state index contributed by atoms with van der Waals surface area (Å²) in [5.74, 6) is 0. The highest BCUT2D eigenvalue weighted by Gasteiger charge is 2.29. The molecule has 2 N–H and O–H groups in total. The summed E-state index contributed by atoms with van der Waals surface area (Å²) in [6, 6.07) is 11.1. The molecule has 1 aliphatic rings. The first-order valence-electron chi connectivity index (χ1n) is 7.15. The summed E-state index contributed by atoms with van der Waals surface area (Å²) in [5, 5.41) is 8.85. The molecule has 3 atom stereocenters. The molecule has 0 spiro atoms. The van der Waals surface area contributed by atoms with Gasteiger partial charge in [0.25, 0.3) is 0 Å². The minimum atomic E-state index is 0.209. The molecule has 0 bridgehead atoms. The SMILES string of the molecule is CC(N)C1CCCCN1C(C)c1ccc(C#N)cc1. The minimum Gasteiger partial charge on any atom is -0.327 e. The van der Waals surface area contributed by atoms with Gasteiger partial charge in [0.1, 0.15) is 0 Å². The van der Waals surface area contributed by atoms with Crippen LogP contribution in [-0.2, 0) is 0 Å². The molecule has 1 aliphatic heterocycles. The van der Waals surface area contributed by atoms with Gasteiger partial charge < -0.3 is 5.73 Å². The summed E-state index contributed by atoms with van der Waals surface area (Å²) in [6.45, 7) is 5.46. The van der Waals surface area contributed by atoms with Crippen LogP contribution in [0.1, 0.15) is 50.3 Å². The van der Waals surface area contributed by atoms with Crippen molar-refractivity contribution < 1.29 is 0 Å². The lowest BCUT2D eigenvalue weighted by Crippen LogP contribution is -2.49. The molecule has 0 saturated carbocycles. The van der Waals surface area contributed by atoms with Crippen molar-refractivity contribution in [3.63, 3.8) is 0 Å². The summed E-state index contributed by atoms with van der Waals surface area (Å²) in [7, 11) is 0. The smallest absolute Gasteiger partial charge is 0.0991 e. The van der Waals surface area contributed by atoms with Crippen molar-refractivity contribution in [1.82, 2.24) is 4.90 Å². The van der Waals surface area contributed by atoms with Gasteiger partial charge in [0, 0.05) is 18.1 Å². The second kappa shape index (κ2) is 6.18. The van der Waals surface area contributed by atoms with Crippen LogP contribution in [0.2, 0.25) is 0 Å². The Labute approximate surface area is 116 Å². The quantitative estimate of drug-likeness (QED) is 0.906. The molecule has 19 heavy (non-hydrogen) atoms. The normalized spacial score (nSPS) is 23.6. The van der Waals surface area contributed by atoms with E-state index in [2.05, 4.69) is 36.9 Å². The number of benzene rings is 1. The van der Waals surface area contributed by atoms with E-state index in [9.17, 15) is 0 Å². The van der Waals surface area contributed by atoms with Crippen molar-refractivity contribution in [3.8, 4) is 6.07 Å². The largest absolute Gasteiger partial charge is 0.327 e. The molecule has 0 amide bonds. The molecule has 0 aliphatic carbocycles. The highest BCUT2D eigenvalue weighted by atomic mass is 15.2. The third-order valence-corrected chi connectivity index (χ3v) is 4.22. The molecule has 1 heterocycles. The number of likely N-dealkylation sites (tertiary alicyclic amines) is 1. The molecule has 0 aromatic heterocycles. The number of hydrogen-bond donors (Lipinski definition) is 1.